The van der Waals surface area contributed by atoms with Crippen LogP contribution >= 0.6 is 0 Å². The number of carbonyl (C=O) groups excluding carboxylic acids is 2. The second kappa shape index (κ2) is 9.88. The van der Waals surface area contributed by atoms with Crippen LogP contribution in [0.3, 0.4) is 0 Å². The van der Waals surface area contributed by atoms with E-state index < -0.39 is 0 Å². The van der Waals surface area contributed by atoms with Crippen LogP contribution in [-0.4, -0.2) is 46.5 Å². The molecule has 0 radical (unpaired) electrons. The van der Waals surface area contributed by atoms with Crippen LogP contribution in [0, 0.1) is 13.8 Å². The number of nitrogens with zero attached hydrogens (tertiary/aromatic N) is 3. The first-order valence-electron chi connectivity index (χ1n) is 9.60. The molecule has 0 aliphatic rings. The zero-order valence-electron chi connectivity index (χ0n) is 17.4. The van der Waals surface area contributed by atoms with Gasteiger partial charge in [0.05, 0.1) is 12.2 Å². The lowest BCUT2D eigenvalue weighted by Gasteiger charge is -2.14. The van der Waals surface area contributed by atoms with E-state index in [1.807, 2.05) is 39.0 Å². The summed E-state index contributed by atoms with van der Waals surface area (Å²) in [4.78, 5) is 30.9. The number of ether oxygens (including phenoxy) is 1. The fourth-order valence-corrected chi connectivity index (χ4v) is 3.27. The molecule has 0 aromatic carbocycles. The van der Waals surface area contributed by atoms with Gasteiger partial charge in [0.15, 0.2) is 0 Å². The lowest BCUT2D eigenvalue weighted by Crippen LogP contribution is -2.27. The fraction of sp³-hybridized carbons (Fsp3) is 0.409. The van der Waals surface area contributed by atoms with Crippen LogP contribution < -0.4 is 0 Å². The Balaban J connectivity index is 2.17. The third-order valence-corrected chi connectivity index (χ3v) is 4.82. The summed E-state index contributed by atoms with van der Waals surface area (Å²) in [5.74, 6) is -0.474. The molecule has 0 aliphatic heterocycles. The van der Waals surface area contributed by atoms with Crippen molar-refractivity contribution in [3.63, 3.8) is 0 Å². The van der Waals surface area contributed by atoms with Crippen LogP contribution in [0.1, 0.15) is 46.9 Å². The Morgan fingerprint density at radius 3 is 2.57 bits per heavy atom. The number of hydrogen-bond donors (Lipinski definition) is 0. The summed E-state index contributed by atoms with van der Waals surface area (Å²) in [6.45, 7) is 9.29. The van der Waals surface area contributed by atoms with Gasteiger partial charge >= 0.3 is 5.97 Å². The van der Waals surface area contributed by atoms with Gasteiger partial charge < -0.3 is 14.2 Å². The number of pyridine rings is 1. The number of rotatable bonds is 8. The minimum atomic E-state index is -0.356. The summed E-state index contributed by atoms with van der Waals surface area (Å²) in [5.41, 5.74) is 4.02. The van der Waals surface area contributed by atoms with E-state index in [2.05, 4.69) is 9.55 Å². The molecule has 1 amide bonds. The molecule has 0 N–H and O–H groups in total. The van der Waals surface area contributed by atoms with Crippen molar-refractivity contribution < 1.29 is 14.3 Å². The van der Waals surface area contributed by atoms with Gasteiger partial charge in [-0.3, -0.25) is 9.78 Å². The minimum Gasteiger partial charge on any atom is -0.462 e. The molecule has 0 atom stereocenters. The van der Waals surface area contributed by atoms with Gasteiger partial charge in [0.25, 0.3) is 0 Å². The number of aromatic nitrogens is 2. The number of esters is 1. The van der Waals surface area contributed by atoms with Crippen LogP contribution in [0.5, 0.6) is 0 Å². The summed E-state index contributed by atoms with van der Waals surface area (Å²) >= 11 is 0. The molecule has 0 fully saturated rings. The van der Waals surface area contributed by atoms with Gasteiger partial charge in [-0.05, 0) is 45.9 Å². The number of amides is 1. The standard InChI is InChI=1S/C22H29N3O3/c1-6-25-16(3)19(21(17(25)4)22(27)28-7-2)11-12-20(26)24(5)15-13-18-10-8-9-14-23-18/h8-12,14H,6-7,13,15H2,1-5H3/b12-11+. The van der Waals surface area contributed by atoms with Crippen LogP contribution in [0.15, 0.2) is 30.5 Å². The highest BCUT2D eigenvalue weighted by Crippen LogP contribution is 2.25. The second-order valence-electron chi connectivity index (χ2n) is 6.59. The molecule has 0 spiro atoms. The van der Waals surface area contributed by atoms with Gasteiger partial charge in [0, 0.05) is 61.5 Å². The predicted octanol–water partition coefficient (Wildman–Crippen LogP) is 3.41. The quantitative estimate of drug-likeness (QED) is 0.518. The highest BCUT2D eigenvalue weighted by molar-refractivity contribution is 5.98. The molecule has 6 nitrogen and oxygen atoms in total. The maximum Gasteiger partial charge on any atom is 0.340 e. The number of carbonyl (C=O) groups is 2. The summed E-state index contributed by atoms with van der Waals surface area (Å²) in [5, 5.41) is 0. The predicted molar refractivity (Wildman–Crippen MR) is 110 cm³/mol. The zero-order valence-corrected chi connectivity index (χ0v) is 17.4. The maximum absolute atomic E-state index is 12.5. The van der Waals surface area contributed by atoms with Gasteiger partial charge in [0.2, 0.25) is 5.91 Å². The van der Waals surface area contributed by atoms with E-state index in [0.717, 1.165) is 29.2 Å². The smallest absolute Gasteiger partial charge is 0.340 e. The molecular formula is C22H29N3O3. The van der Waals surface area contributed by atoms with E-state index in [-0.39, 0.29) is 11.9 Å². The van der Waals surface area contributed by atoms with Gasteiger partial charge in [0.1, 0.15) is 0 Å². The third-order valence-electron chi connectivity index (χ3n) is 4.82. The molecule has 2 heterocycles. The molecule has 28 heavy (non-hydrogen) atoms. The van der Waals surface area contributed by atoms with Gasteiger partial charge in [-0.15, -0.1) is 0 Å². The first-order chi connectivity index (χ1) is 13.4. The van der Waals surface area contributed by atoms with Gasteiger partial charge in [-0.2, -0.15) is 0 Å². The first-order valence-corrected chi connectivity index (χ1v) is 9.60. The van der Waals surface area contributed by atoms with Crippen LogP contribution in [0.2, 0.25) is 0 Å². The highest BCUT2D eigenvalue weighted by Gasteiger charge is 2.22. The Hall–Kier alpha value is -2.89. The Bertz CT molecular complexity index is 854. The molecule has 0 aliphatic carbocycles. The fourth-order valence-electron chi connectivity index (χ4n) is 3.27. The van der Waals surface area contributed by atoms with E-state index in [1.165, 1.54) is 6.08 Å². The average Bonchev–Trinajstić information content (AvgIpc) is 2.94. The van der Waals surface area contributed by atoms with Crippen molar-refractivity contribution in [1.82, 2.24) is 14.5 Å². The van der Waals surface area contributed by atoms with Crippen LogP contribution in [-0.2, 0) is 22.5 Å². The number of hydrogen-bond acceptors (Lipinski definition) is 4. The monoisotopic (exact) mass is 383 g/mol. The average molecular weight is 383 g/mol. The van der Waals surface area contributed by atoms with Crippen molar-refractivity contribution in [2.24, 2.45) is 0 Å². The lowest BCUT2D eigenvalue weighted by atomic mass is 10.1. The normalized spacial score (nSPS) is 11.0. The Morgan fingerprint density at radius 1 is 1.21 bits per heavy atom. The molecule has 2 aromatic rings. The Labute approximate surface area is 166 Å². The van der Waals surface area contributed by atoms with Crippen molar-refractivity contribution >= 4 is 18.0 Å². The molecule has 2 rings (SSSR count). The van der Waals surface area contributed by atoms with E-state index in [1.54, 1.807) is 31.1 Å². The molecule has 0 saturated heterocycles. The second-order valence-corrected chi connectivity index (χ2v) is 6.59. The lowest BCUT2D eigenvalue weighted by molar-refractivity contribution is -0.124. The summed E-state index contributed by atoms with van der Waals surface area (Å²) in [7, 11) is 1.76. The number of likely N-dealkylation sites (N-methyl/N-ethyl adjacent to an activating group) is 1. The summed E-state index contributed by atoms with van der Waals surface area (Å²) in [6, 6.07) is 5.75. The van der Waals surface area contributed by atoms with Gasteiger partial charge in [-0.1, -0.05) is 6.07 Å². The van der Waals surface area contributed by atoms with Crippen molar-refractivity contribution in [3.8, 4) is 0 Å². The Morgan fingerprint density at radius 2 is 1.96 bits per heavy atom. The molecule has 0 bridgehead atoms. The minimum absolute atomic E-state index is 0.118. The van der Waals surface area contributed by atoms with E-state index in [0.29, 0.717) is 25.1 Å². The van der Waals surface area contributed by atoms with E-state index >= 15 is 0 Å². The summed E-state index contributed by atoms with van der Waals surface area (Å²) < 4.78 is 7.27. The first kappa shape index (κ1) is 21.4. The van der Waals surface area contributed by atoms with Crippen molar-refractivity contribution in [3.05, 3.63) is 58.7 Å². The molecule has 2 aromatic heterocycles. The molecule has 6 heteroatoms. The largest absolute Gasteiger partial charge is 0.462 e. The molecular weight excluding hydrogens is 354 g/mol. The molecule has 150 valence electrons. The Kier molecular flexibility index (Phi) is 7.55. The maximum atomic E-state index is 12.5. The molecule has 0 saturated carbocycles. The van der Waals surface area contributed by atoms with Crippen molar-refractivity contribution in [2.45, 2.75) is 40.7 Å². The molecule has 0 unspecified atom stereocenters. The van der Waals surface area contributed by atoms with Crippen LogP contribution in [0.4, 0.5) is 0 Å². The van der Waals surface area contributed by atoms with E-state index in [4.69, 9.17) is 4.74 Å². The van der Waals surface area contributed by atoms with Crippen molar-refractivity contribution in [1.29, 1.82) is 0 Å². The van der Waals surface area contributed by atoms with Crippen molar-refractivity contribution in [2.75, 3.05) is 20.2 Å². The van der Waals surface area contributed by atoms with Crippen LogP contribution in [0.25, 0.3) is 6.08 Å². The van der Waals surface area contributed by atoms with Gasteiger partial charge in [-0.25, -0.2) is 4.79 Å². The topological polar surface area (TPSA) is 64.4 Å². The SMILES string of the molecule is CCOC(=O)c1c(/C=C/C(=O)N(C)CCc2ccccn2)c(C)n(CC)c1C. The van der Waals surface area contributed by atoms with E-state index in [9.17, 15) is 9.59 Å². The third kappa shape index (κ3) is 4.88. The highest BCUT2D eigenvalue weighted by atomic mass is 16.5. The zero-order chi connectivity index (χ0) is 20.7. The summed E-state index contributed by atoms with van der Waals surface area (Å²) in [6.07, 6.45) is 5.68.